The molecule has 0 N–H and O–H groups in total. The van der Waals surface area contributed by atoms with Crippen LogP contribution in [0.1, 0.15) is 51.6 Å². The normalized spacial score (nSPS) is 11.9. The van der Waals surface area contributed by atoms with Crippen LogP contribution in [-0.4, -0.2) is 22.8 Å². The molecule has 5 heteroatoms. The van der Waals surface area contributed by atoms with Crippen LogP contribution in [0.5, 0.6) is 0 Å². The summed E-state index contributed by atoms with van der Waals surface area (Å²) >= 11 is 3.55. The number of ether oxygens (including phenoxy) is 1. The Hall–Kier alpha value is -3.31. The minimum absolute atomic E-state index is 0.188. The summed E-state index contributed by atoms with van der Waals surface area (Å²) in [5, 5.41) is 0.705. The fraction of sp³-hybridized carbons (Fsp3) is 0.207. The number of rotatable bonds is 7. The topological polar surface area (TPSA) is 56.3 Å². The van der Waals surface area contributed by atoms with Crippen molar-refractivity contribution in [2.24, 2.45) is 0 Å². The first-order valence-electron chi connectivity index (χ1n) is 11.4. The van der Waals surface area contributed by atoms with E-state index in [0.29, 0.717) is 29.4 Å². The predicted octanol–water partition coefficient (Wildman–Crippen LogP) is 7.49. The van der Waals surface area contributed by atoms with Crippen molar-refractivity contribution in [3.63, 3.8) is 0 Å². The number of aryl methyl sites for hydroxylation is 1. The minimum atomic E-state index is -0.851. The van der Waals surface area contributed by atoms with Crippen LogP contribution in [0.2, 0.25) is 0 Å². The van der Waals surface area contributed by atoms with E-state index < -0.39 is 12.1 Å². The number of nitrogens with zero attached hydrogens (tertiary/aromatic N) is 1. The first kappa shape index (κ1) is 23.8. The number of carbonyl (C=O) groups is 2. The number of pyridine rings is 1. The molecule has 4 aromatic rings. The van der Waals surface area contributed by atoms with Gasteiger partial charge in [-0.25, -0.2) is 9.78 Å². The lowest BCUT2D eigenvalue weighted by molar-refractivity contribution is 0.0267. The van der Waals surface area contributed by atoms with Gasteiger partial charge in [0.25, 0.3) is 0 Å². The molecule has 172 valence electrons. The van der Waals surface area contributed by atoms with E-state index in [1.165, 1.54) is 0 Å². The van der Waals surface area contributed by atoms with Crippen molar-refractivity contribution in [2.45, 2.75) is 39.7 Å². The van der Waals surface area contributed by atoms with Crippen molar-refractivity contribution in [3.8, 4) is 11.3 Å². The summed E-state index contributed by atoms with van der Waals surface area (Å²) in [7, 11) is 0. The maximum absolute atomic E-state index is 13.7. The van der Waals surface area contributed by atoms with Crippen LogP contribution in [0.15, 0.2) is 77.3 Å². The van der Waals surface area contributed by atoms with Gasteiger partial charge >= 0.3 is 5.97 Å². The molecule has 4 nitrogen and oxygen atoms in total. The van der Waals surface area contributed by atoms with Gasteiger partial charge in [-0.2, -0.15) is 0 Å². The number of fused-ring (bicyclic) bond motifs is 1. The molecule has 0 radical (unpaired) electrons. The summed E-state index contributed by atoms with van der Waals surface area (Å²) < 4.78 is 6.77. The molecule has 0 saturated heterocycles. The number of Topliss-reactive ketones (excluding diaryl/α,β-unsaturated/α-hetero) is 1. The first-order chi connectivity index (χ1) is 16.4. The molecule has 0 aliphatic heterocycles. The summed E-state index contributed by atoms with van der Waals surface area (Å²) in [6, 6.07) is 22.6. The lowest BCUT2D eigenvalue weighted by Gasteiger charge is -2.20. The third-order valence-corrected chi connectivity index (χ3v) is 6.35. The second-order valence-electron chi connectivity index (χ2n) is 8.36. The molecule has 0 saturated carbocycles. The monoisotopic (exact) mass is 515 g/mol. The van der Waals surface area contributed by atoms with Gasteiger partial charge in [0.05, 0.1) is 16.8 Å². The van der Waals surface area contributed by atoms with Gasteiger partial charge in [0.1, 0.15) is 0 Å². The Morgan fingerprint density at radius 3 is 2.26 bits per heavy atom. The van der Waals surface area contributed by atoms with Crippen LogP contribution < -0.4 is 0 Å². The lowest BCUT2D eigenvalue weighted by atomic mass is 9.96. The maximum atomic E-state index is 13.7. The highest BCUT2D eigenvalue weighted by Gasteiger charge is 2.27. The third-order valence-electron chi connectivity index (χ3n) is 5.89. The Morgan fingerprint density at radius 2 is 1.62 bits per heavy atom. The van der Waals surface area contributed by atoms with Gasteiger partial charge in [0.15, 0.2) is 6.10 Å². The summed E-state index contributed by atoms with van der Waals surface area (Å²) in [4.78, 5) is 31.8. The third kappa shape index (κ3) is 4.80. The zero-order valence-electron chi connectivity index (χ0n) is 19.5. The average molecular weight is 516 g/mol. The molecule has 34 heavy (non-hydrogen) atoms. The zero-order valence-corrected chi connectivity index (χ0v) is 21.1. The standard InChI is InChI=1S/C29H26BrNO3/c1-4-11-24(28(32)21-14-9-6-10-15-21)34-29(33)25-19(3)27(20-12-7-5-8-13-20)31-26-18(2)16-22(30)17-23(25)26/h5-10,12-17,24H,4,11H2,1-3H3. The van der Waals surface area contributed by atoms with E-state index in [1.807, 2.05) is 81.4 Å². The number of carbonyl (C=O) groups excluding carboxylic acids is 2. The molecule has 1 aromatic heterocycles. The van der Waals surface area contributed by atoms with E-state index >= 15 is 0 Å². The van der Waals surface area contributed by atoms with Crippen molar-refractivity contribution in [1.29, 1.82) is 0 Å². The molecule has 4 rings (SSSR count). The fourth-order valence-corrected chi connectivity index (χ4v) is 4.79. The fourth-order valence-electron chi connectivity index (χ4n) is 4.21. The minimum Gasteiger partial charge on any atom is -0.450 e. The Bertz CT molecular complexity index is 1350. The predicted molar refractivity (Wildman–Crippen MR) is 139 cm³/mol. The number of aromatic nitrogens is 1. The van der Waals surface area contributed by atoms with Crippen molar-refractivity contribution >= 4 is 38.6 Å². The van der Waals surface area contributed by atoms with Crippen molar-refractivity contribution in [2.75, 3.05) is 0 Å². The highest BCUT2D eigenvalue weighted by Crippen LogP contribution is 2.34. The molecule has 0 fully saturated rings. The second kappa shape index (κ2) is 10.3. The smallest absolute Gasteiger partial charge is 0.339 e. The van der Waals surface area contributed by atoms with E-state index in [-0.39, 0.29) is 5.78 Å². The lowest BCUT2D eigenvalue weighted by Crippen LogP contribution is -2.28. The van der Waals surface area contributed by atoms with Gasteiger partial charge in [-0.05, 0) is 43.5 Å². The molecular weight excluding hydrogens is 490 g/mol. The van der Waals surface area contributed by atoms with Gasteiger partial charge in [0, 0.05) is 21.0 Å². The molecule has 0 bridgehead atoms. The van der Waals surface area contributed by atoms with Gasteiger partial charge < -0.3 is 4.74 Å². The summed E-state index contributed by atoms with van der Waals surface area (Å²) in [5.41, 5.74) is 5.03. The van der Waals surface area contributed by atoms with Crippen LogP contribution in [0.3, 0.4) is 0 Å². The highest BCUT2D eigenvalue weighted by molar-refractivity contribution is 9.10. The van der Waals surface area contributed by atoms with E-state index in [9.17, 15) is 9.59 Å². The number of hydrogen-bond acceptors (Lipinski definition) is 4. The van der Waals surface area contributed by atoms with Gasteiger partial charge in [-0.3, -0.25) is 4.79 Å². The molecular formula is C29H26BrNO3. The van der Waals surface area contributed by atoms with E-state index in [1.54, 1.807) is 12.1 Å². The number of ketones is 1. The Balaban J connectivity index is 1.84. The number of esters is 1. The maximum Gasteiger partial charge on any atom is 0.339 e. The molecule has 1 unspecified atom stereocenters. The van der Waals surface area contributed by atoms with Crippen LogP contribution in [-0.2, 0) is 4.74 Å². The van der Waals surface area contributed by atoms with Gasteiger partial charge in [-0.1, -0.05) is 89.9 Å². The van der Waals surface area contributed by atoms with Crippen LogP contribution >= 0.6 is 15.9 Å². The molecule has 0 amide bonds. The SMILES string of the molecule is CCCC(OC(=O)c1c(C)c(-c2ccccc2)nc2c(C)cc(Br)cc12)C(=O)c1ccccc1. The van der Waals surface area contributed by atoms with E-state index in [4.69, 9.17) is 9.72 Å². The van der Waals surface area contributed by atoms with Crippen molar-refractivity contribution < 1.29 is 14.3 Å². The zero-order chi connectivity index (χ0) is 24.2. The molecule has 1 heterocycles. The van der Waals surface area contributed by atoms with Crippen LogP contribution in [0.25, 0.3) is 22.2 Å². The quantitative estimate of drug-likeness (QED) is 0.189. The van der Waals surface area contributed by atoms with Gasteiger partial charge in [-0.15, -0.1) is 0 Å². The van der Waals surface area contributed by atoms with E-state index in [0.717, 1.165) is 32.4 Å². The number of hydrogen-bond donors (Lipinski definition) is 0. The molecule has 0 spiro atoms. The summed E-state index contributed by atoms with van der Waals surface area (Å²) in [6.45, 7) is 5.83. The van der Waals surface area contributed by atoms with E-state index in [2.05, 4.69) is 15.9 Å². The Morgan fingerprint density at radius 1 is 0.971 bits per heavy atom. The Kier molecular flexibility index (Phi) is 7.23. The van der Waals surface area contributed by atoms with Crippen LogP contribution in [0.4, 0.5) is 0 Å². The molecule has 0 aliphatic rings. The number of halogens is 1. The molecule has 0 aliphatic carbocycles. The Labute approximate surface area is 208 Å². The number of benzene rings is 3. The summed E-state index contributed by atoms with van der Waals surface area (Å²) in [6.07, 6.45) is 0.318. The highest BCUT2D eigenvalue weighted by atomic mass is 79.9. The second-order valence-corrected chi connectivity index (χ2v) is 9.27. The summed E-state index contributed by atoms with van der Waals surface area (Å²) in [5.74, 6) is -0.699. The molecule has 3 aromatic carbocycles. The largest absolute Gasteiger partial charge is 0.450 e. The van der Waals surface area contributed by atoms with Crippen molar-refractivity contribution in [1.82, 2.24) is 4.98 Å². The van der Waals surface area contributed by atoms with Gasteiger partial charge in [0.2, 0.25) is 5.78 Å². The first-order valence-corrected chi connectivity index (χ1v) is 12.2. The molecule has 1 atom stereocenters. The van der Waals surface area contributed by atoms with Crippen LogP contribution in [0, 0.1) is 13.8 Å². The van der Waals surface area contributed by atoms with Crippen molar-refractivity contribution in [3.05, 3.63) is 99.5 Å². The average Bonchev–Trinajstić information content (AvgIpc) is 2.84.